The molecule has 0 unspecified atom stereocenters. The van der Waals surface area contributed by atoms with Crippen molar-refractivity contribution in [3.8, 4) is 0 Å². The Balaban J connectivity index is 2.18. The van der Waals surface area contributed by atoms with E-state index in [2.05, 4.69) is 38.7 Å². The highest BCUT2D eigenvalue weighted by Gasteiger charge is 2.22. The van der Waals surface area contributed by atoms with Crippen LogP contribution < -0.4 is 10.6 Å². The summed E-state index contributed by atoms with van der Waals surface area (Å²) in [6.07, 6.45) is 0. The zero-order chi connectivity index (χ0) is 14.9. The summed E-state index contributed by atoms with van der Waals surface area (Å²) in [5.41, 5.74) is 8.91. The van der Waals surface area contributed by atoms with Gasteiger partial charge in [-0.25, -0.2) is 9.78 Å². The Morgan fingerprint density at radius 3 is 2.35 bits per heavy atom. The van der Waals surface area contributed by atoms with Gasteiger partial charge in [-0.2, -0.15) is 0 Å². The van der Waals surface area contributed by atoms with Gasteiger partial charge < -0.3 is 15.5 Å². The second kappa shape index (κ2) is 5.69. The molecular formula is C15H24N4O. The van der Waals surface area contributed by atoms with Crippen LogP contribution in [-0.2, 0) is 0 Å². The molecule has 0 atom stereocenters. The monoisotopic (exact) mass is 276 g/mol. The van der Waals surface area contributed by atoms with Gasteiger partial charge in [-0.15, -0.1) is 0 Å². The molecule has 1 saturated heterocycles. The van der Waals surface area contributed by atoms with Crippen molar-refractivity contribution in [2.75, 3.05) is 31.1 Å². The summed E-state index contributed by atoms with van der Waals surface area (Å²) in [4.78, 5) is 19.9. The summed E-state index contributed by atoms with van der Waals surface area (Å²) in [6, 6.07) is 1.91. The first-order valence-electron chi connectivity index (χ1n) is 7.17. The van der Waals surface area contributed by atoms with Gasteiger partial charge in [-0.1, -0.05) is 19.9 Å². The number of amides is 2. The standard InChI is InChI=1S/C15H24N4O/c1-10(2)13-9-11(3)14(17-12(13)4)18-5-7-19(8-6-18)15(16)20/h9-10H,5-8H2,1-4H3,(H2,16,20). The Kier molecular flexibility index (Phi) is 4.16. The van der Waals surface area contributed by atoms with Crippen molar-refractivity contribution in [3.63, 3.8) is 0 Å². The van der Waals surface area contributed by atoms with E-state index in [1.165, 1.54) is 11.1 Å². The van der Waals surface area contributed by atoms with E-state index in [9.17, 15) is 4.79 Å². The van der Waals surface area contributed by atoms with Crippen LogP contribution in [-0.4, -0.2) is 42.1 Å². The quantitative estimate of drug-likeness (QED) is 0.899. The minimum atomic E-state index is -0.333. The normalized spacial score (nSPS) is 15.8. The van der Waals surface area contributed by atoms with E-state index in [0.29, 0.717) is 19.0 Å². The third-order valence-electron chi connectivity index (χ3n) is 3.93. The number of piperazine rings is 1. The largest absolute Gasteiger partial charge is 0.353 e. The lowest BCUT2D eigenvalue weighted by atomic mass is 10.00. The summed E-state index contributed by atoms with van der Waals surface area (Å²) in [5.74, 6) is 1.53. The Morgan fingerprint density at radius 2 is 1.85 bits per heavy atom. The zero-order valence-electron chi connectivity index (χ0n) is 12.8. The summed E-state index contributed by atoms with van der Waals surface area (Å²) in [7, 11) is 0. The van der Waals surface area contributed by atoms with Crippen LogP contribution in [0.25, 0.3) is 0 Å². The van der Waals surface area contributed by atoms with Gasteiger partial charge in [-0.05, 0) is 30.9 Å². The van der Waals surface area contributed by atoms with Gasteiger partial charge in [0.25, 0.3) is 0 Å². The van der Waals surface area contributed by atoms with Crippen molar-refractivity contribution < 1.29 is 4.79 Å². The first-order valence-corrected chi connectivity index (χ1v) is 7.17. The number of urea groups is 1. The fourth-order valence-corrected chi connectivity index (χ4v) is 2.76. The van der Waals surface area contributed by atoms with Crippen LogP contribution in [0, 0.1) is 13.8 Å². The van der Waals surface area contributed by atoms with Gasteiger partial charge in [0.05, 0.1) is 0 Å². The van der Waals surface area contributed by atoms with Crippen molar-refractivity contribution >= 4 is 11.8 Å². The smallest absolute Gasteiger partial charge is 0.314 e. The first-order chi connectivity index (χ1) is 9.40. The minimum Gasteiger partial charge on any atom is -0.353 e. The number of hydrogen-bond donors (Lipinski definition) is 1. The molecule has 1 aromatic rings. The van der Waals surface area contributed by atoms with E-state index in [1.807, 2.05) is 0 Å². The number of pyridine rings is 1. The predicted octanol–water partition coefficient (Wildman–Crippen LogP) is 2.02. The van der Waals surface area contributed by atoms with Crippen LogP contribution in [0.4, 0.5) is 10.6 Å². The Bertz CT molecular complexity index is 505. The van der Waals surface area contributed by atoms with Gasteiger partial charge in [0.15, 0.2) is 0 Å². The van der Waals surface area contributed by atoms with Gasteiger partial charge in [0.1, 0.15) is 5.82 Å². The Morgan fingerprint density at radius 1 is 1.25 bits per heavy atom. The molecule has 2 N–H and O–H groups in total. The molecule has 110 valence electrons. The second-order valence-corrected chi connectivity index (χ2v) is 5.77. The van der Waals surface area contributed by atoms with Crippen LogP contribution >= 0.6 is 0 Å². The topological polar surface area (TPSA) is 62.5 Å². The highest BCUT2D eigenvalue weighted by Crippen LogP contribution is 2.25. The molecule has 0 spiro atoms. The Labute approximate surface area is 120 Å². The molecule has 1 fully saturated rings. The number of carbonyl (C=O) groups excluding carboxylic acids is 1. The average Bonchev–Trinajstić information content (AvgIpc) is 2.40. The summed E-state index contributed by atoms with van der Waals surface area (Å²) < 4.78 is 0. The molecule has 0 radical (unpaired) electrons. The van der Waals surface area contributed by atoms with Gasteiger partial charge in [0, 0.05) is 31.9 Å². The van der Waals surface area contributed by atoms with E-state index in [4.69, 9.17) is 10.7 Å². The molecule has 5 nitrogen and oxygen atoms in total. The molecule has 0 saturated carbocycles. The van der Waals surface area contributed by atoms with Gasteiger partial charge in [0.2, 0.25) is 0 Å². The molecule has 1 aliphatic rings. The van der Waals surface area contributed by atoms with Crippen LogP contribution in [0.2, 0.25) is 0 Å². The second-order valence-electron chi connectivity index (χ2n) is 5.77. The molecule has 5 heteroatoms. The lowest BCUT2D eigenvalue weighted by Crippen LogP contribution is -2.50. The summed E-state index contributed by atoms with van der Waals surface area (Å²) in [5, 5.41) is 0. The number of primary amides is 1. The van der Waals surface area contributed by atoms with Crippen molar-refractivity contribution in [3.05, 3.63) is 22.9 Å². The van der Waals surface area contributed by atoms with Crippen molar-refractivity contribution in [2.24, 2.45) is 5.73 Å². The molecule has 20 heavy (non-hydrogen) atoms. The lowest BCUT2D eigenvalue weighted by molar-refractivity contribution is 0.204. The number of aryl methyl sites for hydroxylation is 2. The maximum atomic E-state index is 11.2. The molecule has 0 aromatic carbocycles. The predicted molar refractivity (Wildman–Crippen MR) is 81.2 cm³/mol. The average molecular weight is 276 g/mol. The molecular weight excluding hydrogens is 252 g/mol. The molecule has 2 amide bonds. The van der Waals surface area contributed by atoms with Crippen LogP contribution in [0.15, 0.2) is 6.07 Å². The fourth-order valence-electron chi connectivity index (χ4n) is 2.76. The minimum absolute atomic E-state index is 0.333. The van der Waals surface area contributed by atoms with E-state index in [0.717, 1.165) is 24.6 Å². The molecule has 1 aliphatic heterocycles. The van der Waals surface area contributed by atoms with Crippen LogP contribution in [0.3, 0.4) is 0 Å². The van der Waals surface area contributed by atoms with E-state index in [-0.39, 0.29) is 6.03 Å². The van der Waals surface area contributed by atoms with E-state index >= 15 is 0 Å². The van der Waals surface area contributed by atoms with Crippen LogP contribution in [0.1, 0.15) is 36.6 Å². The number of rotatable bonds is 2. The molecule has 0 aliphatic carbocycles. The van der Waals surface area contributed by atoms with Gasteiger partial charge in [-0.3, -0.25) is 0 Å². The molecule has 2 rings (SSSR count). The number of hydrogen-bond acceptors (Lipinski definition) is 3. The van der Waals surface area contributed by atoms with Crippen molar-refractivity contribution in [1.82, 2.24) is 9.88 Å². The number of nitrogens with zero attached hydrogens (tertiary/aromatic N) is 3. The fraction of sp³-hybridized carbons (Fsp3) is 0.600. The third kappa shape index (κ3) is 2.86. The number of carbonyl (C=O) groups is 1. The Hall–Kier alpha value is -1.78. The van der Waals surface area contributed by atoms with E-state index < -0.39 is 0 Å². The zero-order valence-corrected chi connectivity index (χ0v) is 12.8. The highest BCUT2D eigenvalue weighted by molar-refractivity contribution is 5.72. The highest BCUT2D eigenvalue weighted by atomic mass is 16.2. The molecule has 0 bridgehead atoms. The SMILES string of the molecule is Cc1cc(C(C)C)c(C)nc1N1CCN(C(N)=O)CC1. The van der Waals surface area contributed by atoms with Gasteiger partial charge >= 0.3 is 6.03 Å². The van der Waals surface area contributed by atoms with Crippen molar-refractivity contribution in [1.29, 1.82) is 0 Å². The number of aromatic nitrogens is 1. The maximum absolute atomic E-state index is 11.2. The van der Waals surface area contributed by atoms with E-state index in [1.54, 1.807) is 4.90 Å². The first kappa shape index (κ1) is 14.6. The van der Waals surface area contributed by atoms with Crippen molar-refractivity contribution in [2.45, 2.75) is 33.6 Å². The molecule has 2 heterocycles. The number of nitrogens with two attached hydrogens (primary N) is 1. The van der Waals surface area contributed by atoms with Crippen LogP contribution in [0.5, 0.6) is 0 Å². The molecule has 1 aromatic heterocycles. The lowest BCUT2D eigenvalue weighted by Gasteiger charge is -2.35. The third-order valence-corrected chi connectivity index (χ3v) is 3.93. The summed E-state index contributed by atoms with van der Waals surface area (Å²) in [6.45, 7) is 11.5. The maximum Gasteiger partial charge on any atom is 0.314 e. The number of anilines is 1. The summed E-state index contributed by atoms with van der Waals surface area (Å²) >= 11 is 0.